The standard InChI is InChI=1S/C27H32N4O4S/c1-19-17-27(3,4)31(18-19)25-22(12-9-15-28-25)26(32)30-36(33,34)24-14-8-13-23(29-24)35-20(2)16-21-10-6-5-7-11-21/h5-15,19-20H,16-18H2,1-4H3,(H,30,32)/t19?,20-/m0/s1. The van der Waals surface area contributed by atoms with E-state index in [1.165, 1.54) is 6.07 Å². The quantitative estimate of drug-likeness (QED) is 0.486. The van der Waals surface area contributed by atoms with Gasteiger partial charge in [0.2, 0.25) is 5.88 Å². The number of anilines is 1. The van der Waals surface area contributed by atoms with Crippen LogP contribution < -0.4 is 14.4 Å². The van der Waals surface area contributed by atoms with E-state index >= 15 is 0 Å². The highest BCUT2D eigenvalue weighted by Crippen LogP contribution is 2.37. The maximum Gasteiger partial charge on any atom is 0.281 e. The summed E-state index contributed by atoms with van der Waals surface area (Å²) in [6.07, 6.45) is 2.98. The van der Waals surface area contributed by atoms with Crippen LogP contribution in [0.1, 0.15) is 50.0 Å². The van der Waals surface area contributed by atoms with Crippen LogP contribution in [0.5, 0.6) is 5.88 Å². The summed E-state index contributed by atoms with van der Waals surface area (Å²) in [6, 6.07) is 17.5. The van der Waals surface area contributed by atoms with Crippen molar-refractivity contribution in [2.24, 2.45) is 5.92 Å². The molecular formula is C27H32N4O4S. The van der Waals surface area contributed by atoms with E-state index in [0.29, 0.717) is 18.2 Å². The number of carbonyl (C=O) groups is 1. The number of carbonyl (C=O) groups excluding carboxylic acids is 1. The van der Waals surface area contributed by atoms with Crippen molar-refractivity contribution in [1.82, 2.24) is 14.7 Å². The van der Waals surface area contributed by atoms with Crippen molar-refractivity contribution in [1.29, 1.82) is 0 Å². The summed E-state index contributed by atoms with van der Waals surface area (Å²) in [5, 5.41) is -0.291. The van der Waals surface area contributed by atoms with E-state index in [1.807, 2.05) is 37.3 Å². The topological polar surface area (TPSA) is 101 Å². The number of amides is 1. The van der Waals surface area contributed by atoms with E-state index in [2.05, 4.69) is 40.4 Å². The van der Waals surface area contributed by atoms with E-state index < -0.39 is 15.9 Å². The molecule has 0 saturated carbocycles. The normalized spacial score (nSPS) is 18.0. The SMILES string of the molecule is CC1CN(c2ncccc2C(=O)NS(=O)(=O)c2cccc(O[C@@H](C)Cc3ccccc3)n2)C(C)(C)C1. The van der Waals surface area contributed by atoms with Crippen LogP contribution in [0.25, 0.3) is 0 Å². The van der Waals surface area contributed by atoms with E-state index in [1.54, 1.807) is 30.5 Å². The second-order valence-corrected chi connectivity index (χ2v) is 11.6. The lowest BCUT2D eigenvalue weighted by Crippen LogP contribution is -2.41. The van der Waals surface area contributed by atoms with Crippen LogP contribution in [0.2, 0.25) is 0 Å². The van der Waals surface area contributed by atoms with Crippen LogP contribution in [0, 0.1) is 5.92 Å². The van der Waals surface area contributed by atoms with Crippen LogP contribution in [0.15, 0.2) is 71.9 Å². The van der Waals surface area contributed by atoms with Gasteiger partial charge in [-0.3, -0.25) is 4.79 Å². The van der Waals surface area contributed by atoms with Gasteiger partial charge in [-0.25, -0.2) is 9.71 Å². The number of nitrogens with one attached hydrogen (secondary N) is 1. The Morgan fingerprint density at radius 1 is 1.14 bits per heavy atom. The van der Waals surface area contributed by atoms with Gasteiger partial charge in [0.1, 0.15) is 11.9 Å². The van der Waals surface area contributed by atoms with E-state index in [-0.39, 0.29) is 28.1 Å². The van der Waals surface area contributed by atoms with Crippen LogP contribution in [0.4, 0.5) is 5.82 Å². The van der Waals surface area contributed by atoms with Crippen molar-refractivity contribution in [2.75, 3.05) is 11.4 Å². The van der Waals surface area contributed by atoms with Crippen molar-refractivity contribution in [2.45, 2.75) is 57.2 Å². The van der Waals surface area contributed by atoms with Crippen molar-refractivity contribution in [3.8, 4) is 5.88 Å². The van der Waals surface area contributed by atoms with Crippen LogP contribution in [0.3, 0.4) is 0 Å². The largest absolute Gasteiger partial charge is 0.474 e. The van der Waals surface area contributed by atoms with Gasteiger partial charge in [-0.2, -0.15) is 13.4 Å². The third kappa shape index (κ3) is 5.84. The number of benzene rings is 1. The number of nitrogens with zero attached hydrogens (tertiary/aromatic N) is 3. The Bertz CT molecular complexity index is 1330. The molecule has 1 unspecified atom stereocenters. The molecule has 190 valence electrons. The minimum atomic E-state index is -4.24. The number of hydrogen-bond acceptors (Lipinski definition) is 7. The number of pyridine rings is 2. The Kier molecular flexibility index (Phi) is 7.31. The first kappa shape index (κ1) is 25.6. The van der Waals surface area contributed by atoms with E-state index in [0.717, 1.165) is 18.5 Å². The summed E-state index contributed by atoms with van der Waals surface area (Å²) in [5.74, 6) is 0.319. The van der Waals surface area contributed by atoms with Crippen LogP contribution >= 0.6 is 0 Å². The van der Waals surface area contributed by atoms with Gasteiger partial charge in [-0.15, -0.1) is 0 Å². The Balaban J connectivity index is 1.50. The molecule has 3 heterocycles. The lowest BCUT2D eigenvalue weighted by Gasteiger charge is -2.33. The summed E-state index contributed by atoms with van der Waals surface area (Å²) in [5.41, 5.74) is 1.10. The lowest BCUT2D eigenvalue weighted by molar-refractivity contribution is 0.0981. The highest BCUT2D eigenvalue weighted by molar-refractivity contribution is 7.90. The predicted molar refractivity (Wildman–Crippen MR) is 139 cm³/mol. The van der Waals surface area contributed by atoms with Gasteiger partial charge in [0.25, 0.3) is 15.9 Å². The molecule has 8 nitrogen and oxygen atoms in total. The summed E-state index contributed by atoms with van der Waals surface area (Å²) in [4.78, 5) is 23.8. The Morgan fingerprint density at radius 3 is 2.58 bits per heavy atom. The molecule has 1 fully saturated rings. The number of sulfonamides is 1. The summed E-state index contributed by atoms with van der Waals surface area (Å²) in [7, 11) is -4.24. The Labute approximate surface area is 212 Å². The van der Waals surface area contributed by atoms with Crippen molar-refractivity contribution < 1.29 is 17.9 Å². The predicted octanol–water partition coefficient (Wildman–Crippen LogP) is 4.23. The fourth-order valence-corrected chi connectivity index (χ4v) is 5.71. The molecule has 0 bridgehead atoms. The number of aromatic nitrogens is 2. The molecule has 9 heteroatoms. The molecule has 1 amide bonds. The Morgan fingerprint density at radius 2 is 1.89 bits per heavy atom. The molecule has 1 aliphatic rings. The molecule has 36 heavy (non-hydrogen) atoms. The summed E-state index contributed by atoms with van der Waals surface area (Å²) < 4.78 is 34.2. The molecule has 3 aromatic rings. The molecule has 4 rings (SSSR count). The molecule has 2 atom stereocenters. The molecule has 1 saturated heterocycles. The van der Waals surface area contributed by atoms with Gasteiger partial charge in [-0.1, -0.05) is 43.3 Å². The summed E-state index contributed by atoms with van der Waals surface area (Å²) >= 11 is 0. The van der Waals surface area contributed by atoms with Crippen LogP contribution in [-0.2, 0) is 16.4 Å². The van der Waals surface area contributed by atoms with E-state index in [9.17, 15) is 13.2 Å². The summed E-state index contributed by atoms with van der Waals surface area (Å²) in [6.45, 7) is 8.97. The fourth-order valence-electron chi connectivity index (χ4n) is 4.78. The third-order valence-electron chi connectivity index (χ3n) is 6.25. The molecule has 1 aromatic carbocycles. The van der Waals surface area contributed by atoms with Gasteiger partial charge >= 0.3 is 0 Å². The first-order valence-electron chi connectivity index (χ1n) is 12.0. The van der Waals surface area contributed by atoms with Gasteiger partial charge in [0, 0.05) is 30.8 Å². The third-order valence-corrected chi connectivity index (χ3v) is 7.48. The molecule has 0 spiro atoms. The second-order valence-electron chi connectivity index (χ2n) is 9.97. The highest BCUT2D eigenvalue weighted by atomic mass is 32.2. The number of rotatable bonds is 8. The molecule has 1 aliphatic heterocycles. The molecule has 1 N–H and O–H groups in total. The lowest BCUT2D eigenvalue weighted by atomic mass is 9.97. The van der Waals surface area contributed by atoms with Crippen molar-refractivity contribution in [3.63, 3.8) is 0 Å². The highest BCUT2D eigenvalue weighted by Gasteiger charge is 2.39. The van der Waals surface area contributed by atoms with Crippen molar-refractivity contribution >= 4 is 21.7 Å². The minimum Gasteiger partial charge on any atom is -0.474 e. The number of hydrogen-bond donors (Lipinski definition) is 1. The van der Waals surface area contributed by atoms with Gasteiger partial charge in [0.05, 0.1) is 5.56 Å². The first-order chi connectivity index (χ1) is 17.0. The van der Waals surface area contributed by atoms with Gasteiger partial charge in [0.15, 0.2) is 5.03 Å². The average Bonchev–Trinajstić information content (AvgIpc) is 3.11. The molecule has 0 radical (unpaired) electrons. The van der Waals surface area contributed by atoms with Crippen LogP contribution in [-0.4, -0.2) is 42.5 Å². The zero-order chi connectivity index (χ0) is 25.9. The van der Waals surface area contributed by atoms with E-state index in [4.69, 9.17) is 4.74 Å². The molecule has 0 aliphatic carbocycles. The van der Waals surface area contributed by atoms with Crippen molar-refractivity contribution in [3.05, 3.63) is 78.0 Å². The molecular weight excluding hydrogens is 476 g/mol. The smallest absolute Gasteiger partial charge is 0.281 e. The Hall–Kier alpha value is -3.46. The fraction of sp³-hybridized carbons (Fsp3) is 0.370. The number of ether oxygens (including phenoxy) is 1. The molecule has 2 aromatic heterocycles. The van der Waals surface area contributed by atoms with Gasteiger partial charge in [-0.05, 0) is 56.9 Å². The average molecular weight is 509 g/mol. The maximum atomic E-state index is 13.2. The zero-order valence-electron chi connectivity index (χ0n) is 21.0. The van der Waals surface area contributed by atoms with Gasteiger partial charge < -0.3 is 9.64 Å². The second kappa shape index (κ2) is 10.3. The minimum absolute atomic E-state index is 0.170. The zero-order valence-corrected chi connectivity index (χ0v) is 21.8. The first-order valence-corrected chi connectivity index (χ1v) is 13.5. The maximum absolute atomic E-state index is 13.2. The monoisotopic (exact) mass is 508 g/mol.